The number of aliphatic hydroxyl groups excluding tert-OH is 1. The number of likely N-dealkylation sites (tertiary alicyclic amines) is 1. The standard InChI is InChI=1S/C34H49N3O5/c1-9-18-35(8)29(39)26-25-16-17-34(42-25)27(26)30(40)37(24(21-38)20-23-14-12-11-13-15-23)28(34)31(41)36(19-10-2)33(6,7)22-32(3,4)5/h9-15,24-28,38H,1-2,16-22H2,3-8H3/t24-,25+,26-,27+,28?,34?/m1/s1. The largest absolute Gasteiger partial charge is 0.394 e. The summed E-state index contributed by atoms with van der Waals surface area (Å²) >= 11 is 0. The predicted octanol–water partition coefficient (Wildman–Crippen LogP) is 3.84. The van der Waals surface area contributed by atoms with E-state index in [1.165, 1.54) is 0 Å². The second-order valence-corrected chi connectivity index (χ2v) is 14.1. The van der Waals surface area contributed by atoms with Gasteiger partial charge in [0.2, 0.25) is 17.7 Å². The van der Waals surface area contributed by atoms with Crippen molar-refractivity contribution in [3.63, 3.8) is 0 Å². The molecule has 0 aliphatic carbocycles. The van der Waals surface area contributed by atoms with Gasteiger partial charge in [0.25, 0.3) is 0 Å². The van der Waals surface area contributed by atoms with Crippen LogP contribution in [-0.2, 0) is 25.5 Å². The van der Waals surface area contributed by atoms with Crippen LogP contribution in [0.2, 0.25) is 0 Å². The van der Waals surface area contributed by atoms with Gasteiger partial charge in [-0.3, -0.25) is 14.4 Å². The number of hydrogen-bond acceptors (Lipinski definition) is 5. The smallest absolute Gasteiger partial charge is 0.249 e. The van der Waals surface area contributed by atoms with Gasteiger partial charge in [-0.25, -0.2) is 0 Å². The number of aliphatic hydroxyl groups is 1. The first-order chi connectivity index (χ1) is 19.7. The Morgan fingerprint density at radius 3 is 2.33 bits per heavy atom. The van der Waals surface area contributed by atoms with Gasteiger partial charge in [0.15, 0.2) is 0 Å². The van der Waals surface area contributed by atoms with Crippen molar-refractivity contribution in [1.29, 1.82) is 0 Å². The van der Waals surface area contributed by atoms with Crippen LogP contribution < -0.4 is 0 Å². The third-order valence-corrected chi connectivity index (χ3v) is 9.23. The Morgan fingerprint density at radius 1 is 1.12 bits per heavy atom. The average Bonchev–Trinajstić information content (AvgIpc) is 3.56. The van der Waals surface area contributed by atoms with E-state index in [4.69, 9.17) is 4.74 Å². The summed E-state index contributed by atoms with van der Waals surface area (Å²) in [6.07, 6.45) is 5.13. The number of ether oxygens (including phenoxy) is 1. The molecule has 3 fully saturated rings. The fourth-order valence-electron chi connectivity index (χ4n) is 8.03. The molecule has 1 N–H and O–H groups in total. The van der Waals surface area contributed by atoms with Crippen molar-refractivity contribution in [3.05, 3.63) is 61.2 Å². The Morgan fingerprint density at radius 2 is 1.76 bits per heavy atom. The minimum absolute atomic E-state index is 0.0638. The molecule has 0 aromatic heterocycles. The number of carbonyl (C=O) groups excluding carboxylic acids is 3. The van der Waals surface area contributed by atoms with E-state index in [9.17, 15) is 19.5 Å². The molecular weight excluding hydrogens is 530 g/mol. The summed E-state index contributed by atoms with van der Waals surface area (Å²) in [6.45, 7) is 18.6. The lowest BCUT2D eigenvalue weighted by Gasteiger charge is -2.46. The third kappa shape index (κ3) is 5.68. The second-order valence-electron chi connectivity index (χ2n) is 14.1. The van der Waals surface area contributed by atoms with E-state index in [0.29, 0.717) is 32.4 Å². The van der Waals surface area contributed by atoms with Crippen LogP contribution in [0.15, 0.2) is 55.6 Å². The molecule has 0 saturated carbocycles. The first kappa shape index (κ1) is 32.0. The van der Waals surface area contributed by atoms with Gasteiger partial charge in [0.05, 0.1) is 30.6 Å². The van der Waals surface area contributed by atoms with E-state index < -0.39 is 41.2 Å². The molecular formula is C34H49N3O5. The van der Waals surface area contributed by atoms with Gasteiger partial charge in [-0.2, -0.15) is 0 Å². The molecule has 0 radical (unpaired) electrons. The molecule has 1 aromatic carbocycles. The van der Waals surface area contributed by atoms with Gasteiger partial charge in [0, 0.05) is 25.7 Å². The van der Waals surface area contributed by atoms with E-state index in [1.807, 2.05) is 49.1 Å². The number of fused-ring (bicyclic) bond motifs is 1. The van der Waals surface area contributed by atoms with Crippen molar-refractivity contribution in [2.45, 2.75) is 89.6 Å². The fraction of sp³-hybridized carbons (Fsp3) is 0.618. The second kappa shape index (κ2) is 12.0. The highest BCUT2D eigenvalue weighted by molar-refractivity contribution is 5.99. The maximum absolute atomic E-state index is 14.9. The van der Waals surface area contributed by atoms with E-state index in [0.717, 1.165) is 12.0 Å². The Balaban J connectivity index is 1.83. The van der Waals surface area contributed by atoms with Crippen LogP contribution in [0.3, 0.4) is 0 Å². The van der Waals surface area contributed by atoms with Crippen LogP contribution >= 0.6 is 0 Å². The minimum atomic E-state index is -1.14. The molecule has 8 heteroatoms. The molecule has 3 amide bonds. The van der Waals surface area contributed by atoms with Gasteiger partial charge in [-0.15, -0.1) is 13.2 Å². The zero-order valence-electron chi connectivity index (χ0n) is 26.2. The lowest BCUT2D eigenvalue weighted by molar-refractivity contribution is -0.155. The quantitative estimate of drug-likeness (QED) is 0.380. The van der Waals surface area contributed by atoms with Crippen LogP contribution in [0.4, 0.5) is 0 Å². The summed E-state index contributed by atoms with van der Waals surface area (Å²) in [4.78, 5) is 48.3. The summed E-state index contributed by atoms with van der Waals surface area (Å²) in [7, 11) is 1.70. The van der Waals surface area contributed by atoms with E-state index >= 15 is 0 Å². The third-order valence-electron chi connectivity index (χ3n) is 9.23. The molecule has 4 rings (SSSR count). The summed E-state index contributed by atoms with van der Waals surface area (Å²) in [5, 5.41) is 10.7. The highest BCUT2D eigenvalue weighted by Crippen LogP contribution is 2.59. The van der Waals surface area contributed by atoms with Crippen molar-refractivity contribution >= 4 is 17.7 Å². The maximum atomic E-state index is 14.9. The molecule has 42 heavy (non-hydrogen) atoms. The Labute approximate surface area is 251 Å². The van der Waals surface area contributed by atoms with Gasteiger partial charge in [-0.05, 0) is 50.5 Å². The monoisotopic (exact) mass is 579 g/mol. The van der Waals surface area contributed by atoms with Crippen LogP contribution in [0, 0.1) is 17.3 Å². The van der Waals surface area contributed by atoms with Crippen molar-refractivity contribution in [3.8, 4) is 0 Å². The molecule has 3 saturated heterocycles. The van der Waals surface area contributed by atoms with E-state index in [2.05, 4.69) is 33.9 Å². The molecule has 3 heterocycles. The van der Waals surface area contributed by atoms with Gasteiger partial charge in [0.1, 0.15) is 11.6 Å². The number of amides is 3. The van der Waals surface area contributed by atoms with E-state index in [1.54, 1.807) is 29.0 Å². The number of rotatable bonds is 12. The van der Waals surface area contributed by atoms with E-state index in [-0.39, 0.29) is 29.7 Å². The zero-order chi connectivity index (χ0) is 31.0. The van der Waals surface area contributed by atoms with Crippen LogP contribution in [0.5, 0.6) is 0 Å². The average molecular weight is 580 g/mol. The lowest BCUT2D eigenvalue weighted by atomic mass is 9.70. The lowest BCUT2D eigenvalue weighted by Crippen LogP contribution is -2.62. The number of likely N-dealkylation sites (N-methyl/N-ethyl adjacent to an activating group) is 1. The molecule has 6 atom stereocenters. The van der Waals surface area contributed by atoms with Crippen molar-refractivity contribution in [1.82, 2.24) is 14.7 Å². The summed E-state index contributed by atoms with van der Waals surface area (Å²) in [6, 6.07) is 8.03. The molecule has 3 aliphatic rings. The van der Waals surface area contributed by atoms with Crippen molar-refractivity contribution in [2.24, 2.45) is 17.3 Å². The maximum Gasteiger partial charge on any atom is 0.249 e. The Kier molecular flexibility index (Phi) is 9.10. The molecule has 2 unspecified atom stereocenters. The minimum Gasteiger partial charge on any atom is -0.394 e. The van der Waals surface area contributed by atoms with Gasteiger partial charge < -0.3 is 24.5 Å². The zero-order valence-corrected chi connectivity index (χ0v) is 26.2. The summed E-state index contributed by atoms with van der Waals surface area (Å²) in [5.74, 6) is -2.18. The highest BCUT2D eigenvalue weighted by Gasteiger charge is 2.75. The predicted molar refractivity (Wildman–Crippen MR) is 163 cm³/mol. The topological polar surface area (TPSA) is 90.4 Å². The molecule has 8 nitrogen and oxygen atoms in total. The molecule has 1 aromatic rings. The van der Waals surface area contributed by atoms with Crippen molar-refractivity contribution < 1.29 is 24.2 Å². The SMILES string of the molecule is C=CCN(C)C(=O)[C@@H]1[C@@H]2CCC3(O2)C(C(=O)N(CC=C)C(C)(C)CC(C)(C)C)N([C@@H](CO)Cc2ccccc2)C(=O)[C@H]13. The van der Waals surface area contributed by atoms with Crippen LogP contribution in [0.1, 0.15) is 59.4 Å². The van der Waals surface area contributed by atoms with Crippen LogP contribution in [-0.4, -0.2) is 93.6 Å². The van der Waals surface area contributed by atoms with Crippen LogP contribution in [0.25, 0.3) is 0 Å². The Hall–Kier alpha value is -2.97. The number of hydrogen-bond donors (Lipinski definition) is 1. The summed E-state index contributed by atoms with van der Waals surface area (Å²) < 4.78 is 6.68. The first-order valence-electron chi connectivity index (χ1n) is 15.2. The Bertz CT molecular complexity index is 1190. The molecule has 1 spiro atoms. The van der Waals surface area contributed by atoms with Gasteiger partial charge in [-0.1, -0.05) is 63.3 Å². The number of nitrogens with zero attached hydrogens (tertiary/aromatic N) is 3. The molecule has 230 valence electrons. The normalized spacial score (nSPS) is 27.5. The fourth-order valence-corrected chi connectivity index (χ4v) is 8.03. The molecule has 3 aliphatic heterocycles. The molecule has 2 bridgehead atoms. The van der Waals surface area contributed by atoms with Gasteiger partial charge >= 0.3 is 0 Å². The van der Waals surface area contributed by atoms with Crippen molar-refractivity contribution in [2.75, 3.05) is 26.7 Å². The number of carbonyl (C=O) groups is 3. The summed E-state index contributed by atoms with van der Waals surface area (Å²) in [5.41, 5.74) is -0.817. The highest BCUT2D eigenvalue weighted by atomic mass is 16.5. The number of benzene rings is 1. The first-order valence-corrected chi connectivity index (χ1v) is 15.2.